The summed E-state index contributed by atoms with van der Waals surface area (Å²) in [4.78, 5) is 7.00. The Balaban J connectivity index is 0.00000312. The molecule has 0 amide bonds. The molecule has 148 valence electrons. The lowest BCUT2D eigenvalue weighted by atomic mass is 9.67. The van der Waals surface area contributed by atoms with Gasteiger partial charge in [0.1, 0.15) is 0 Å². The van der Waals surface area contributed by atoms with E-state index in [1.807, 2.05) is 7.05 Å². The highest BCUT2D eigenvalue weighted by Crippen LogP contribution is 2.43. The molecule has 0 aromatic rings. The van der Waals surface area contributed by atoms with Crippen LogP contribution >= 0.6 is 24.0 Å². The fourth-order valence-electron chi connectivity index (χ4n) is 3.87. The molecule has 1 saturated heterocycles. The zero-order valence-corrected chi connectivity index (χ0v) is 18.6. The highest BCUT2D eigenvalue weighted by molar-refractivity contribution is 14.0. The van der Waals surface area contributed by atoms with Gasteiger partial charge in [-0.05, 0) is 63.6 Å². The summed E-state index contributed by atoms with van der Waals surface area (Å²) < 4.78 is 5.27. The molecule has 5 nitrogen and oxygen atoms in total. The Morgan fingerprint density at radius 2 is 1.80 bits per heavy atom. The molecule has 0 spiro atoms. The molecule has 0 atom stereocenters. The van der Waals surface area contributed by atoms with E-state index in [4.69, 9.17) is 4.74 Å². The van der Waals surface area contributed by atoms with Gasteiger partial charge in [-0.3, -0.25) is 4.99 Å². The minimum atomic E-state index is 0. The van der Waals surface area contributed by atoms with E-state index >= 15 is 0 Å². The number of nitrogens with zero attached hydrogens (tertiary/aromatic N) is 2. The molecule has 1 heterocycles. The Morgan fingerprint density at radius 1 is 1.08 bits per heavy atom. The minimum absolute atomic E-state index is 0. The van der Waals surface area contributed by atoms with E-state index in [0.717, 1.165) is 32.1 Å². The van der Waals surface area contributed by atoms with Gasteiger partial charge in [0.25, 0.3) is 0 Å². The first-order chi connectivity index (χ1) is 11.8. The van der Waals surface area contributed by atoms with Crippen LogP contribution in [-0.2, 0) is 4.74 Å². The van der Waals surface area contributed by atoms with E-state index in [9.17, 15) is 0 Å². The predicted octanol–water partition coefficient (Wildman–Crippen LogP) is 3.24. The molecule has 2 rings (SSSR count). The number of aliphatic imine (C=N–C) groups is 1. The third kappa shape index (κ3) is 8.43. The Hall–Kier alpha value is -0.0800. The van der Waals surface area contributed by atoms with Crippen LogP contribution in [0.15, 0.2) is 4.99 Å². The van der Waals surface area contributed by atoms with Crippen LogP contribution in [0.5, 0.6) is 0 Å². The Labute approximate surface area is 171 Å². The van der Waals surface area contributed by atoms with Crippen LogP contribution in [0.4, 0.5) is 0 Å². The molecule has 25 heavy (non-hydrogen) atoms. The van der Waals surface area contributed by atoms with E-state index in [0.29, 0.717) is 5.41 Å². The molecule has 2 fully saturated rings. The molecule has 6 heteroatoms. The average molecular weight is 466 g/mol. The molecule has 0 bridgehead atoms. The molecular weight excluding hydrogens is 427 g/mol. The van der Waals surface area contributed by atoms with Gasteiger partial charge in [-0.2, -0.15) is 0 Å². The van der Waals surface area contributed by atoms with Gasteiger partial charge in [-0.25, -0.2) is 0 Å². The van der Waals surface area contributed by atoms with Gasteiger partial charge in [-0.1, -0.05) is 19.3 Å². The topological polar surface area (TPSA) is 48.9 Å². The SMILES string of the molecule is CN=C(NCCCN1CCCCCC1)NCC1(CCOC)CCC1.I. The monoisotopic (exact) mass is 466 g/mol. The Bertz CT molecular complexity index is 366. The normalized spacial score (nSPS) is 21.0. The first-order valence-corrected chi connectivity index (χ1v) is 9.94. The second kappa shape index (κ2) is 13.1. The van der Waals surface area contributed by atoms with E-state index in [-0.39, 0.29) is 24.0 Å². The fourth-order valence-corrected chi connectivity index (χ4v) is 3.87. The standard InChI is InChI=1S/C19H38N4O.HI/c1-20-18(22-17-19(9-7-10-19)11-16-24-2)21-12-8-15-23-13-5-3-4-6-14-23;/h3-17H2,1-2H3,(H2,20,21,22);1H. The zero-order valence-electron chi connectivity index (χ0n) is 16.3. The van der Waals surface area contributed by atoms with Crippen molar-refractivity contribution in [1.29, 1.82) is 0 Å². The summed E-state index contributed by atoms with van der Waals surface area (Å²) in [7, 11) is 3.66. The van der Waals surface area contributed by atoms with Crippen LogP contribution in [0.1, 0.15) is 57.8 Å². The third-order valence-corrected chi connectivity index (χ3v) is 5.75. The van der Waals surface area contributed by atoms with Gasteiger partial charge in [-0.15, -0.1) is 24.0 Å². The number of likely N-dealkylation sites (tertiary alicyclic amines) is 1. The van der Waals surface area contributed by atoms with Crippen molar-refractivity contribution in [3.8, 4) is 0 Å². The van der Waals surface area contributed by atoms with Crippen molar-refractivity contribution in [1.82, 2.24) is 15.5 Å². The van der Waals surface area contributed by atoms with E-state index in [1.54, 1.807) is 7.11 Å². The molecule has 0 aromatic heterocycles. The lowest BCUT2D eigenvalue weighted by molar-refractivity contribution is 0.0732. The zero-order chi connectivity index (χ0) is 17.1. The van der Waals surface area contributed by atoms with Crippen molar-refractivity contribution in [2.24, 2.45) is 10.4 Å². The summed E-state index contributed by atoms with van der Waals surface area (Å²) in [6.45, 7) is 6.67. The van der Waals surface area contributed by atoms with Gasteiger partial charge in [0, 0.05) is 33.9 Å². The summed E-state index contributed by atoms with van der Waals surface area (Å²) in [6.07, 6.45) is 11.9. The van der Waals surface area contributed by atoms with Gasteiger partial charge in [0.2, 0.25) is 0 Å². The molecule has 1 saturated carbocycles. The highest BCUT2D eigenvalue weighted by Gasteiger charge is 2.36. The molecule has 0 radical (unpaired) electrons. The highest BCUT2D eigenvalue weighted by atomic mass is 127. The lowest BCUT2D eigenvalue weighted by Gasteiger charge is -2.42. The third-order valence-electron chi connectivity index (χ3n) is 5.75. The first kappa shape index (κ1) is 23.0. The Kier molecular flexibility index (Phi) is 12.1. The summed E-state index contributed by atoms with van der Waals surface area (Å²) in [6, 6.07) is 0. The molecule has 2 N–H and O–H groups in total. The second-order valence-electron chi connectivity index (χ2n) is 7.56. The summed E-state index contributed by atoms with van der Waals surface area (Å²) >= 11 is 0. The van der Waals surface area contributed by atoms with Crippen LogP contribution in [-0.4, -0.2) is 64.3 Å². The van der Waals surface area contributed by atoms with Crippen LogP contribution < -0.4 is 10.6 Å². The lowest BCUT2D eigenvalue weighted by Crippen LogP contribution is -2.47. The van der Waals surface area contributed by atoms with Crippen molar-refractivity contribution in [2.75, 3.05) is 53.5 Å². The molecule has 0 unspecified atom stereocenters. The molecule has 2 aliphatic rings. The van der Waals surface area contributed by atoms with Crippen LogP contribution in [0.25, 0.3) is 0 Å². The summed E-state index contributed by atoms with van der Waals surface area (Å²) in [5.74, 6) is 0.953. The van der Waals surface area contributed by atoms with Crippen LogP contribution in [0.2, 0.25) is 0 Å². The molecule has 0 aromatic carbocycles. The molecular formula is C19H39IN4O. The fraction of sp³-hybridized carbons (Fsp3) is 0.947. The van der Waals surface area contributed by atoms with Gasteiger partial charge in [0.15, 0.2) is 5.96 Å². The minimum Gasteiger partial charge on any atom is -0.385 e. The van der Waals surface area contributed by atoms with E-state index < -0.39 is 0 Å². The van der Waals surface area contributed by atoms with Crippen molar-refractivity contribution < 1.29 is 4.74 Å². The number of guanidine groups is 1. The van der Waals surface area contributed by atoms with Crippen molar-refractivity contribution >= 4 is 29.9 Å². The number of halogens is 1. The maximum Gasteiger partial charge on any atom is 0.190 e. The molecule has 1 aliphatic carbocycles. The van der Waals surface area contributed by atoms with Gasteiger partial charge >= 0.3 is 0 Å². The van der Waals surface area contributed by atoms with Gasteiger partial charge < -0.3 is 20.3 Å². The number of rotatable bonds is 9. The van der Waals surface area contributed by atoms with Crippen LogP contribution in [0.3, 0.4) is 0 Å². The quantitative estimate of drug-likeness (QED) is 0.237. The maximum absolute atomic E-state index is 5.27. The predicted molar refractivity (Wildman–Crippen MR) is 117 cm³/mol. The average Bonchev–Trinajstić information content (AvgIpc) is 2.84. The van der Waals surface area contributed by atoms with E-state index in [2.05, 4.69) is 20.5 Å². The maximum atomic E-state index is 5.27. The Morgan fingerprint density at radius 3 is 2.36 bits per heavy atom. The summed E-state index contributed by atoms with van der Waals surface area (Å²) in [5, 5.41) is 7.02. The van der Waals surface area contributed by atoms with E-state index in [1.165, 1.54) is 71.0 Å². The number of hydrogen-bond donors (Lipinski definition) is 2. The van der Waals surface area contributed by atoms with Crippen molar-refractivity contribution in [2.45, 2.75) is 57.8 Å². The van der Waals surface area contributed by atoms with Crippen LogP contribution in [0, 0.1) is 5.41 Å². The number of methoxy groups -OCH3 is 1. The smallest absolute Gasteiger partial charge is 0.190 e. The van der Waals surface area contributed by atoms with Crippen molar-refractivity contribution in [3.05, 3.63) is 0 Å². The van der Waals surface area contributed by atoms with Crippen molar-refractivity contribution in [3.63, 3.8) is 0 Å². The number of hydrogen-bond acceptors (Lipinski definition) is 3. The second-order valence-corrected chi connectivity index (χ2v) is 7.56. The first-order valence-electron chi connectivity index (χ1n) is 9.94. The number of nitrogens with one attached hydrogen (secondary N) is 2. The molecule has 1 aliphatic heterocycles. The number of ether oxygens (including phenoxy) is 1. The summed E-state index contributed by atoms with van der Waals surface area (Å²) in [5.41, 5.74) is 0.430. The largest absolute Gasteiger partial charge is 0.385 e. The van der Waals surface area contributed by atoms with Gasteiger partial charge in [0.05, 0.1) is 0 Å².